The van der Waals surface area contributed by atoms with Crippen LogP contribution in [0.3, 0.4) is 0 Å². The van der Waals surface area contributed by atoms with Crippen LogP contribution in [0.25, 0.3) is 0 Å². The average molecular weight is 268 g/mol. The van der Waals surface area contributed by atoms with Gasteiger partial charge in [-0.2, -0.15) is 0 Å². The van der Waals surface area contributed by atoms with Crippen LogP contribution in [0.4, 0.5) is 0 Å². The van der Waals surface area contributed by atoms with Crippen molar-refractivity contribution in [2.75, 3.05) is 19.6 Å². The quantitative estimate of drug-likeness (QED) is 0.755. The molecular formula is C17H36N2. The summed E-state index contributed by atoms with van der Waals surface area (Å²) in [5, 5.41) is 0. The maximum atomic E-state index is 5.77. The van der Waals surface area contributed by atoms with Crippen LogP contribution in [-0.2, 0) is 0 Å². The summed E-state index contributed by atoms with van der Waals surface area (Å²) in [7, 11) is 0. The number of rotatable bonds is 7. The van der Waals surface area contributed by atoms with Crippen molar-refractivity contribution < 1.29 is 0 Å². The Morgan fingerprint density at radius 3 is 2.53 bits per heavy atom. The molecule has 0 aromatic heterocycles. The highest BCUT2D eigenvalue weighted by Crippen LogP contribution is 2.32. The van der Waals surface area contributed by atoms with Crippen molar-refractivity contribution in [2.45, 2.75) is 78.7 Å². The zero-order valence-electron chi connectivity index (χ0n) is 13.8. The molecule has 1 saturated heterocycles. The summed E-state index contributed by atoms with van der Waals surface area (Å²) in [6.07, 6.45) is 9.45. The van der Waals surface area contributed by atoms with E-state index in [0.29, 0.717) is 5.41 Å². The summed E-state index contributed by atoms with van der Waals surface area (Å²) in [6, 6.07) is 0.858. The van der Waals surface area contributed by atoms with Crippen LogP contribution in [0.15, 0.2) is 0 Å². The summed E-state index contributed by atoms with van der Waals surface area (Å²) >= 11 is 0. The van der Waals surface area contributed by atoms with Crippen molar-refractivity contribution in [3.05, 3.63) is 0 Å². The van der Waals surface area contributed by atoms with Crippen LogP contribution < -0.4 is 5.73 Å². The second-order valence-electron chi connectivity index (χ2n) is 7.38. The monoisotopic (exact) mass is 268 g/mol. The van der Waals surface area contributed by atoms with E-state index in [9.17, 15) is 0 Å². The van der Waals surface area contributed by atoms with Crippen LogP contribution in [0.2, 0.25) is 0 Å². The van der Waals surface area contributed by atoms with Gasteiger partial charge in [0, 0.05) is 6.04 Å². The van der Waals surface area contributed by atoms with Gasteiger partial charge in [0.2, 0.25) is 0 Å². The van der Waals surface area contributed by atoms with Gasteiger partial charge in [-0.3, -0.25) is 0 Å². The van der Waals surface area contributed by atoms with Gasteiger partial charge in [-0.1, -0.05) is 34.1 Å². The number of nitrogens with zero attached hydrogens (tertiary/aromatic N) is 1. The molecular weight excluding hydrogens is 232 g/mol. The maximum Gasteiger partial charge on any atom is 0.00926 e. The predicted octanol–water partition coefficient (Wildman–Crippen LogP) is 4.04. The first-order valence-corrected chi connectivity index (χ1v) is 8.43. The van der Waals surface area contributed by atoms with E-state index in [2.05, 4.69) is 32.6 Å². The molecule has 114 valence electrons. The van der Waals surface area contributed by atoms with Gasteiger partial charge in [0.05, 0.1) is 0 Å². The fourth-order valence-electron chi connectivity index (χ4n) is 3.57. The molecule has 1 aliphatic heterocycles. The normalized spacial score (nSPS) is 23.5. The Morgan fingerprint density at radius 1 is 1.21 bits per heavy atom. The highest BCUT2D eigenvalue weighted by molar-refractivity contribution is 4.78. The lowest BCUT2D eigenvalue weighted by Crippen LogP contribution is -2.39. The number of hydrogen-bond acceptors (Lipinski definition) is 2. The molecule has 2 unspecified atom stereocenters. The molecule has 2 nitrogen and oxygen atoms in total. The summed E-state index contributed by atoms with van der Waals surface area (Å²) in [6.45, 7) is 12.9. The van der Waals surface area contributed by atoms with Gasteiger partial charge in [-0.25, -0.2) is 0 Å². The Morgan fingerprint density at radius 2 is 1.95 bits per heavy atom. The molecule has 1 fully saturated rings. The van der Waals surface area contributed by atoms with E-state index in [4.69, 9.17) is 5.73 Å². The van der Waals surface area contributed by atoms with Crippen LogP contribution in [0, 0.1) is 11.3 Å². The highest BCUT2D eigenvalue weighted by atomic mass is 15.2. The lowest BCUT2D eigenvalue weighted by Gasteiger charge is -2.36. The van der Waals surface area contributed by atoms with Crippen LogP contribution in [0.5, 0.6) is 0 Å². The Balaban J connectivity index is 2.34. The Kier molecular flexibility index (Phi) is 7.38. The molecule has 2 atom stereocenters. The molecule has 2 heteroatoms. The minimum Gasteiger partial charge on any atom is -0.330 e. The first-order valence-electron chi connectivity index (χ1n) is 8.43. The topological polar surface area (TPSA) is 29.3 Å². The number of piperidine rings is 1. The molecule has 0 aromatic carbocycles. The molecule has 2 N–H and O–H groups in total. The summed E-state index contributed by atoms with van der Waals surface area (Å²) in [4.78, 5) is 2.74. The predicted molar refractivity (Wildman–Crippen MR) is 85.4 cm³/mol. The SMILES string of the molecule is CCC1CCCCN1CCCC(CCN)C(C)(C)C. The van der Waals surface area contributed by atoms with E-state index < -0.39 is 0 Å². The lowest BCUT2D eigenvalue weighted by molar-refractivity contribution is 0.130. The molecule has 0 saturated carbocycles. The van der Waals surface area contributed by atoms with Crippen molar-refractivity contribution >= 4 is 0 Å². The standard InChI is InChI=1S/C17H36N2/c1-5-16-10-6-7-13-19(16)14-8-9-15(11-12-18)17(2,3)4/h15-16H,5-14,18H2,1-4H3. The zero-order chi connectivity index (χ0) is 14.3. The van der Waals surface area contributed by atoms with E-state index in [0.717, 1.165) is 18.5 Å². The third-order valence-electron chi connectivity index (χ3n) is 4.96. The van der Waals surface area contributed by atoms with E-state index in [1.807, 2.05) is 0 Å². The van der Waals surface area contributed by atoms with E-state index in [-0.39, 0.29) is 0 Å². The van der Waals surface area contributed by atoms with Crippen molar-refractivity contribution in [1.29, 1.82) is 0 Å². The van der Waals surface area contributed by atoms with Gasteiger partial charge < -0.3 is 10.6 Å². The van der Waals surface area contributed by atoms with E-state index in [1.54, 1.807) is 0 Å². The third kappa shape index (κ3) is 5.83. The Labute approximate surface area is 121 Å². The molecule has 0 radical (unpaired) electrons. The lowest BCUT2D eigenvalue weighted by atomic mass is 9.76. The largest absolute Gasteiger partial charge is 0.330 e. The zero-order valence-corrected chi connectivity index (χ0v) is 13.8. The van der Waals surface area contributed by atoms with Crippen LogP contribution in [-0.4, -0.2) is 30.6 Å². The first kappa shape index (κ1) is 17.0. The molecule has 1 aliphatic rings. The maximum absolute atomic E-state index is 5.77. The molecule has 0 aromatic rings. The van der Waals surface area contributed by atoms with Gasteiger partial charge in [0.15, 0.2) is 0 Å². The van der Waals surface area contributed by atoms with Crippen molar-refractivity contribution in [3.63, 3.8) is 0 Å². The minimum atomic E-state index is 0.408. The smallest absolute Gasteiger partial charge is 0.00926 e. The van der Waals surface area contributed by atoms with Crippen molar-refractivity contribution in [1.82, 2.24) is 4.90 Å². The number of likely N-dealkylation sites (tertiary alicyclic amines) is 1. The van der Waals surface area contributed by atoms with E-state index in [1.165, 1.54) is 58.0 Å². The van der Waals surface area contributed by atoms with Gasteiger partial charge in [-0.05, 0) is 69.5 Å². The molecule has 1 heterocycles. The fraction of sp³-hybridized carbons (Fsp3) is 1.00. The molecule has 0 bridgehead atoms. The molecule has 1 rings (SSSR count). The van der Waals surface area contributed by atoms with E-state index >= 15 is 0 Å². The van der Waals surface area contributed by atoms with Crippen LogP contribution >= 0.6 is 0 Å². The Hall–Kier alpha value is -0.0800. The average Bonchev–Trinajstić information content (AvgIpc) is 2.37. The first-order chi connectivity index (χ1) is 8.99. The molecule has 0 spiro atoms. The molecule has 0 aliphatic carbocycles. The molecule has 0 amide bonds. The third-order valence-corrected chi connectivity index (χ3v) is 4.96. The van der Waals surface area contributed by atoms with Gasteiger partial charge in [-0.15, -0.1) is 0 Å². The summed E-state index contributed by atoms with van der Waals surface area (Å²) in [5.41, 5.74) is 6.18. The van der Waals surface area contributed by atoms with Gasteiger partial charge in [0.1, 0.15) is 0 Å². The van der Waals surface area contributed by atoms with Gasteiger partial charge in [0.25, 0.3) is 0 Å². The second kappa shape index (κ2) is 8.26. The Bertz CT molecular complexity index is 232. The fourth-order valence-corrected chi connectivity index (χ4v) is 3.57. The van der Waals surface area contributed by atoms with Crippen molar-refractivity contribution in [3.8, 4) is 0 Å². The number of hydrogen-bond donors (Lipinski definition) is 1. The summed E-state index contributed by atoms with van der Waals surface area (Å²) < 4.78 is 0. The van der Waals surface area contributed by atoms with Crippen molar-refractivity contribution in [2.24, 2.45) is 17.1 Å². The number of nitrogens with two attached hydrogens (primary N) is 1. The molecule has 19 heavy (non-hydrogen) atoms. The highest BCUT2D eigenvalue weighted by Gasteiger charge is 2.25. The minimum absolute atomic E-state index is 0.408. The van der Waals surface area contributed by atoms with Crippen LogP contribution in [0.1, 0.15) is 72.6 Å². The second-order valence-corrected chi connectivity index (χ2v) is 7.38. The summed E-state index contributed by atoms with van der Waals surface area (Å²) in [5.74, 6) is 0.780. The van der Waals surface area contributed by atoms with Gasteiger partial charge >= 0.3 is 0 Å².